The quantitative estimate of drug-likeness (QED) is 0.758. The number of hydrogen-bond donors (Lipinski definition) is 2. The lowest BCUT2D eigenvalue weighted by atomic mass is 10.2. The van der Waals surface area contributed by atoms with Crippen LogP contribution in [0, 0.1) is 11.8 Å². The minimum atomic E-state index is -0.892. The predicted molar refractivity (Wildman–Crippen MR) is 83.3 cm³/mol. The third-order valence-electron chi connectivity index (χ3n) is 2.89. The second-order valence-electron chi connectivity index (χ2n) is 4.53. The van der Waals surface area contributed by atoms with Crippen LogP contribution in [0.2, 0.25) is 0 Å². The molecule has 114 valence electrons. The average Bonchev–Trinajstić information content (AvgIpc) is 2.47. The summed E-state index contributed by atoms with van der Waals surface area (Å²) in [5.74, 6) is 5.31. The summed E-state index contributed by atoms with van der Waals surface area (Å²) in [6.45, 7) is 2.31. The largest absolute Gasteiger partial charge is 0.395 e. The van der Waals surface area contributed by atoms with Gasteiger partial charge in [-0.1, -0.05) is 18.8 Å². The van der Waals surface area contributed by atoms with E-state index in [2.05, 4.69) is 22.1 Å². The zero-order valence-electron chi connectivity index (χ0n) is 12.3. The molecule has 0 bridgehead atoms. The van der Waals surface area contributed by atoms with Gasteiger partial charge in [0, 0.05) is 41.5 Å². The van der Waals surface area contributed by atoms with Gasteiger partial charge in [0.05, 0.1) is 12.2 Å². The number of carbonyl (C=O) groups is 1. The minimum Gasteiger partial charge on any atom is -0.395 e. The topological polar surface area (TPSA) is 79.3 Å². The molecule has 0 aliphatic carbocycles. The molecule has 0 saturated heterocycles. The van der Waals surface area contributed by atoms with E-state index in [1.165, 1.54) is 6.20 Å². The Labute approximate surface area is 127 Å². The summed E-state index contributed by atoms with van der Waals surface area (Å²) < 4.78 is 11.2. The van der Waals surface area contributed by atoms with E-state index in [0.29, 0.717) is 24.9 Å². The lowest BCUT2D eigenvalue weighted by Crippen LogP contribution is -2.28. The van der Waals surface area contributed by atoms with Crippen LogP contribution in [0.25, 0.3) is 0 Å². The Bertz CT molecular complexity index is 564. The van der Waals surface area contributed by atoms with Crippen molar-refractivity contribution in [2.24, 2.45) is 0 Å². The normalized spacial score (nSPS) is 12.9. The molecule has 0 aliphatic heterocycles. The molecule has 0 radical (unpaired) electrons. The Hall–Kier alpha value is -1.71. The molecule has 0 spiro atoms. The average molecular weight is 308 g/mol. The van der Waals surface area contributed by atoms with E-state index in [-0.39, 0.29) is 23.5 Å². The highest BCUT2D eigenvalue weighted by Crippen LogP contribution is 2.04. The van der Waals surface area contributed by atoms with Crippen LogP contribution in [0.15, 0.2) is 18.3 Å². The van der Waals surface area contributed by atoms with E-state index >= 15 is 0 Å². The van der Waals surface area contributed by atoms with E-state index in [1.807, 2.05) is 6.92 Å². The number of nitrogens with zero attached hydrogens (tertiary/aromatic N) is 1. The van der Waals surface area contributed by atoms with Crippen LogP contribution in [0.1, 0.15) is 35.8 Å². The molecule has 5 nitrogen and oxygen atoms in total. The first-order chi connectivity index (χ1) is 10.1. The number of aliphatic hydroxyl groups is 1. The number of carbonyl (C=O) groups excluding carboxylic acids is 1. The Morgan fingerprint density at radius 1 is 1.57 bits per heavy atom. The first-order valence-corrected chi connectivity index (χ1v) is 8.33. The third-order valence-corrected chi connectivity index (χ3v) is 4.25. The molecule has 21 heavy (non-hydrogen) atoms. The van der Waals surface area contributed by atoms with Gasteiger partial charge in [0.15, 0.2) is 0 Å². The van der Waals surface area contributed by atoms with Gasteiger partial charge in [-0.05, 0) is 18.6 Å². The summed E-state index contributed by atoms with van der Waals surface area (Å²) in [6, 6.07) is 3.43. The highest BCUT2D eigenvalue weighted by atomic mass is 32.2. The van der Waals surface area contributed by atoms with E-state index in [0.717, 1.165) is 0 Å². The predicted octanol–water partition coefficient (Wildman–Crippen LogP) is 0.702. The number of amides is 1. The molecule has 1 aromatic rings. The number of nitrogens with one attached hydrogen (secondary N) is 1. The van der Waals surface area contributed by atoms with Crippen molar-refractivity contribution in [2.45, 2.75) is 25.0 Å². The van der Waals surface area contributed by atoms with Crippen LogP contribution in [0.5, 0.6) is 0 Å². The highest BCUT2D eigenvalue weighted by Gasteiger charge is 2.12. The first kappa shape index (κ1) is 17.3. The van der Waals surface area contributed by atoms with Gasteiger partial charge >= 0.3 is 0 Å². The number of pyridine rings is 1. The van der Waals surface area contributed by atoms with E-state index in [4.69, 9.17) is 5.11 Å². The molecule has 1 aromatic heterocycles. The summed E-state index contributed by atoms with van der Waals surface area (Å²) in [7, 11) is -0.892. The number of aliphatic hydroxyl groups excluding tert-OH is 1. The summed E-state index contributed by atoms with van der Waals surface area (Å²) in [5, 5.41) is 11.5. The van der Waals surface area contributed by atoms with Gasteiger partial charge in [0.2, 0.25) is 0 Å². The monoisotopic (exact) mass is 308 g/mol. The maximum atomic E-state index is 12.1. The molecule has 1 heterocycles. The van der Waals surface area contributed by atoms with Crippen molar-refractivity contribution in [2.75, 3.05) is 19.4 Å². The fraction of sp³-hybridized carbons (Fsp3) is 0.467. The Morgan fingerprint density at radius 2 is 2.33 bits per heavy atom. The van der Waals surface area contributed by atoms with Crippen molar-refractivity contribution in [1.82, 2.24) is 10.3 Å². The van der Waals surface area contributed by atoms with Crippen LogP contribution in [-0.2, 0) is 10.8 Å². The lowest BCUT2D eigenvalue weighted by molar-refractivity contribution is 0.0948. The zero-order valence-corrected chi connectivity index (χ0v) is 13.1. The van der Waals surface area contributed by atoms with E-state index in [9.17, 15) is 9.00 Å². The summed E-state index contributed by atoms with van der Waals surface area (Å²) in [5.41, 5.74) is 0.809. The van der Waals surface area contributed by atoms with Crippen LogP contribution >= 0.6 is 0 Å². The Kier molecular flexibility index (Phi) is 7.65. The molecule has 0 fully saturated rings. The van der Waals surface area contributed by atoms with Gasteiger partial charge in [-0.3, -0.25) is 9.00 Å². The number of rotatable bonds is 6. The second-order valence-corrected chi connectivity index (χ2v) is 6.33. The van der Waals surface area contributed by atoms with Crippen molar-refractivity contribution >= 4 is 16.7 Å². The number of hydrogen-bond acceptors (Lipinski definition) is 4. The molecule has 1 amide bonds. The van der Waals surface area contributed by atoms with Gasteiger partial charge < -0.3 is 10.4 Å². The van der Waals surface area contributed by atoms with Gasteiger partial charge in [0.1, 0.15) is 5.69 Å². The van der Waals surface area contributed by atoms with Gasteiger partial charge in [-0.2, -0.15) is 0 Å². The Morgan fingerprint density at radius 3 is 3.00 bits per heavy atom. The van der Waals surface area contributed by atoms with Crippen LogP contribution in [-0.4, -0.2) is 44.9 Å². The summed E-state index contributed by atoms with van der Waals surface area (Å²) in [4.78, 5) is 16.1. The SMILES string of the molecule is CC(CCNC(=O)c1ncccc1C#CCCO)S(C)=O. The maximum Gasteiger partial charge on any atom is 0.271 e. The van der Waals surface area contributed by atoms with Crippen LogP contribution in [0.3, 0.4) is 0 Å². The fourth-order valence-corrected chi connectivity index (χ4v) is 1.99. The van der Waals surface area contributed by atoms with Crippen molar-refractivity contribution in [3.05, 3.63) is 29.6 Å². The minimum absolute atomic E-state index is 0.0131. The molecule has 6 heteroatoms. The summed E-state index contributed by atoms with van der Waals surface area (Å²) in [6.07, 6.45) is 4.19. The Balaban J connectivity index is 2.66. The maximum absolute atomic E-state index is 12.1. The molecule has 0 aromatic carbocycles. The first-order valence-electron chi connectivity index (χ1n) is 6.71. The van der Waals surface area contributed by atoms with Crippen molar-refractivity contribution < 1.29 is 14.1 Å². The molecule has 2 N–H and O–H groups in total. The van der Waals surface area contributed by atoms with E-state index < -0.39 is 10.8 Å². The van der Waals surface area contributed by atoms with Crippen molar-refractivity contribution in [3.63, 3.8) is 0 Å². The second kappa shape index (κ2) is 9.27. The van der Waals surface area contributed by atoms with Crippen molar-refractivity contribution in [1.29, 1.82) is 0 Å². The highest BCUT2D eigenvalue weighted by molar-refractivity contribution is 7.84. The standard InChI is InChI=1S/C15H20N2O3S/c1-12(21(2)20)8-10-17-15(19)14-13(6-3-4-11-18)7-5-9-16-14/h5,7,9,12,18H,4,8,10-11H2,1-2H3,(H,17,19). The summed E-state index contributed by atoms with van der Waals surface area (Å²) >= 11 is 0. The molecule has 0 aliphatic rings. The van der Waals surface area contributed by atoms with Gasteiger partial charge in [-0.25, -0.2) is 4.98 Å². The third kappa shape index (κ3) is 6.06. The molecule has 2 atom stereocenters. The molecular weight excluding hydrogens is 288 g/mol. The molecule has 0 saturated carbocycles. The van der Waals surface area contributed by atoms with Crippen LogP contribution in [0.4, 0.5) is 0 Å². The van der Waals surface area contributed by atoms with Crippen molar-refractivity contribution in [3.8, 4) is 11.8 Å². The van der Waals surface area contributed by atoms with Gasteiger partial charge in [-0.15, -0.1) is 0 Å². The number of aromatic nitrogens is 1. The molecule has 1 rings (SSSR count). The fourth-order valence-electron chi connectivity index (χ4n) is 1.54. The lowest BCUT2D eigenvalue weighted by Gasteiger charge is -2.09. The molecule has 2 unspecified atom stereocenters. The molecular formula is C15H20N2O3S. The zero-order chi connectivity index (χ0) is 15.7. The van der Waals surface area contributed by atoms with Gasteiger partial charge in [0.25, 0.3) is 5.91 Å². The smallest absolute Gasteiger partial charge is 0.271 e. The van der Waals surface area contributed by atoms with Crippen LogP contribution < -0.4 is 5.32 Å². The van der Waals surface area contributed by atoms with E-state index in [1.54, 1.807) is 18.4 Å².